The van der Waals surface area contributed by atoms with E-state index in [-0.39, 0.29) is 12.6 Å². The van der Waals surface area contributed by atoms with Crippen molar-refractivity contribution in [1.29, 1.82) is 0 Å². The second kappa shape index (κ2) is 3.82. The van der Waals surface area contributed by atoms with Gasteiger partial charge in [-0.05, 0) is 6.42 Å². The number of aliphatic hydroxyl groups excluding tert-OH is 1. The molecule has 0 spiro atoms. The molecule has 1 atom stereocenters. The summed E-state index contributed by atoms with van der Waals surface area (Å²) in [6.07, 6.45) is 3.85. The lowest BCUT2D eigenvalue weighted by atomic mass is 10.2. The molecule has 1 unspecified atom stereocenters. The molecule has 0 saturated heterocycles. The van der Waals surface area contributed by atoms with E-state index >= 15 is 0 Å². The number of anilines is 1. The van der Waals surface area contributed by atoms with Crippen molar-refractivity contribution < 1.29 is 5.11 Å². The summed E-state index contributed by atoms with van der Waals surface area (Å²) in [5, 5.41) is 9.20. The topological polar surface area (TPSA) is 89.8 Å². The lowest BCUT2D eigenvalue weighted by Gasteiger charge is -2.13. The van der Waals surface area contributed by atoms with Crippen LogP contribution in [-0.2, 0) is 0 Å². The first-order chi connectivity index (χ1) is 7.27. The minimum Gasteiger partial charge on any atom is -0.394 e. The zero-order valence-corrected chi connectivity index (χ0v) is 8.46. The summed E-state index contributed by atoms with van der Waals surface area (Å²) in [6, 6.07) is -0.00991. The minimum absolute atomic E-state index is 0.00991. The van der Waals surface area contributed by atoms with Gasteiger partial charge in [-0.1, -0.05) is 6.92 Å². The van der Waals surface area contributed by atoms with E-state index in [1.165, 1.54) is 6.33 Å². The van der Waals surface area contributed by atoms with Crippen LogP contribution in [0.5, 0.6) is 0 Å². The average molecular weight is 207 g/mol. The molecule has 3 N–H and O–H groups in total. The summed E-state index contributed by atoms with van der Waals surface area (Å²) in [6.45, 7) is 2.06. The Kier molecular flexibility index (Phi) is 2.51. The maximum atomic E-state index is 9.20. The van der Waals surface area contributed by atoms with E-state index in [4.69, 9.17) is 5.73 Å². The summed E-state index contributed by atoms with van der Waals surface area (Å²) in [4.78, 5) is 12.1. The smallest absolute Gasteiger partial charge is 0.165 e. The SMILES string of the molecule is CCC(CO)n1cnc2c(N)ncnc21. The molecule has 6 heteroatoms. The fraction of sp³-hybridized carbons (Fsp3) is 0.444. The molecule has 2 aromatic heterocycles. The Morgan fingerprint density at radius 2 is 2.27 bits per heavy atom. The number of hydrogen-bond acceptors (Lipinski definition) is 5. The second-order valence-corrected chi connectivity index (χ2v) is 3.33. The van der Waals surface area contributed by atoms with Crippen molar-refractivity contribution >= 4 is 17.0 Å². The average Bonchev–Trinajstić information content (AvgIpc) is 2.66. The van der Waals surface area contributed by atoms with Crippen molar-refractivity contribution in [3.8, 4) is 0 Å². The summed E-state index contributed by atoms with van der Waals surface area (Å²) >= 11 is 0. The number of nitrogens with zero attached hydrogens (tertiary/aromatic N) is 4. The van der Waals surface area contributed by atoms with Crippen LogP contribution < -0.4 is 5.73 Å². The molecule has 15 heavy (non-hydrogen) atoms. The number of nitrogen functional groups attached to an aromatic ring is 1. The Morgan fingerprint density at radius 3 is 2.93 bits per heavy atom. The van der Waals surface area contributed by atoms with Gasteiger partial charge in [0.1, 0.15) is 11.8 Å². The van der Waals surface area contributed by atoms with Gasteiger partial charge in [0.15, 0.2) is 11.5 Å². The number of hydrogen-bond donors (Lipinski definition) is 2. The Bertz CT molecular complexity index is 462. The van der Waals surface area contributed by atoms with E-state index in [1.54, 1.807) is 6.33 Å². The zero-order valence-electron chi connectivity index (χ0n) is 8.46. The fourth-order valence-electron chi connectivity index (χ4n) is 1.55. The number of nitrogens with two attached hydrogens (primary N) is 1. The number of aliphatic hydroxyl groups is 1. The third kappa shape index (κ3) is 1.52. The largest absolute Gasteiger partial charge is 0.394 e. The van der Waals surface area contributed by atoms with Gasteiger partial charge in [-0.15, -0.1) is 0 Å². The lowest BCUT2D eigenvalue weighted by Crippen LogP contribution is -2.11. The molecule has 0 aliphatic rings. The van der Waals surface area contributed by atoms with Crippen molar-refractivity contribution in [2.45, 2.75) is 19.4 Å². The van der Waals surface area contributed by atoms with E-state index in [9.17, 15) is 5.11 Å². The summed E-state index contributed by atoms with van der Waals surface area (Å²) < 4.78 is 1.83. The van der Waals surface area contributed by atoms with Gasteiger partial charge in [0.05, 0.1) is 19.0 Å². The molecular formula is C9H13N5O. The standard InChI is InChI=1S/C9H13N5O/c1-2-6(3-15)14-5-13-7-8(10)11-4-12-9(7)14/h4-6,15H,2-3H2,1H3,(H2,10,11,12). The number of rotatable bonds is 3. The molecule has 2 rings (SSSR count). The first-order valence-corrected chi connectivity index (χ1v) is 4.81. The molecule has 0 saturated carbocycles. The normalized spacial score (nSPS) is 13.2. The molecule has 0 aromatic carbocycles. The molecule has 6 nitrogen and oxygen atoms in total. The van der Waals surface area contributed by atoms with E-state index < -0.39 is 0 Å². The molecule has 2 aromatic rings. The Hall–Kier alpha value is -1.69. The number of imidazole rings is 1. The Labute approximate surface area is 86.8 Å². The van der Waals surface area contributed by atoms with Gasteiger partial charge < -0.3 is 15.4 Å². The monoisotopic (exact) mass is 207 g/mol. The van der Waals surface area contributed by atoms with E-state index in [1.807, 2.05) is 11.5 Å². The predicted molar refractivity (Wildman–Crippen MR) is 56.1 cm³/mol. The van der Waals surface area contributed by atoms with Gasteiger partial charge in [0.25, 0.3) is 0 Å². The van der Waals surface area contributed by atoms with E-state index in [2.05, 4.69) is 15.0 Å². The first kappa shape index (κ1) is 9.85. The summed E-state index contributed by atoms with van der Waals surface area (Å²) in [5.74, 6) is 0.367. The lowest BCUT2D eigenvalue weighted by molar-refractivity contribution is 0.226. The molecule has 0 fully saturated rings. The maximum Gasteiger partial charge on any atom is 0.165 e. The van der Waals surface area contributed by atoms with Gasteiger partial charge >= 0.3 is 0 Å². The highest BCUT2D eigenvalue weighted by molar-refractivity contribution is 5.81. The molecule has 0 amide bonds. The summed E-state index contributed by atoms with van der Waals surface area (Å²) in [7, 11) is 0. The molecular weight excluding hydrogens is 194 g/mol. The van der Waals surface area contributed by atoms with Gasteiger partial charge in [-0.2, -0.15) is 0 Å². The highest BCUT2D eigenvalue weighted by Crippen LogP contribution is 2.19. The zero-order chi connectivity index (χ0) is 10.8. The third-order valence-electron chi connectivity index (χ3n) is 2.46. The maximum absolute atomic E-state index is 9.20. The highest BCUT2D eigenvalue weighted by Gasteiger charge is 2.13. The van der Waals surface area contributed by atoms with Crippen LogP contribution in [-0.4, -0.2) is 31.2 Å². The van der Waals surface area contributed by atoms with Gasteiger partial charge in [-0.3, -0.25) is 0 Å². The fourth-order valence-corrected chi connectivity index (χ4v) is 1.55. The van der Waals surface area contributed by atoms with Crippen LogP contribution in [0.25, 0.3) is 11.2 Å². The van der Waals surface area contributed by atoms with Crippen LogP contribution in [0.2, 0.25) is 0 Å². The molecule has 0 radical (unpaired) electrons. The van der Waals surface area contributed by atoms with Crippen LogP contribution in [0.1, 0.15) is 19.4 Å². The van der Waals surface area contributed by atoms with Crippen molar-refractivity contribution in [3.63, 3.8) is 0 Å². The first-order valence-electron chi connectivity index (χ1n) is 4.81. The molecule has 2 heterocycles. The van der Waals surface area contributed by atoms with Crippen LogP contribution >= 0.6 is 0 Å². The highest BCUT2D eigenvalue weighted by atomic mass is 16.3. The third-order valence-corrected chi connectivity index (χ3v) is 2.46. The second-order valence-electron chi connectivity index (χ2n) is 3.33. The van der Waals surface area contributed by atoms with Crippen LogP contribution in [0.15, 0.2) is 12.7 Å². The van der Waals surface area contributed by atoms with Crippen molar-refractivity contribution in [1.82, 2.24) is 19.5 Å². The predicted octanol–water partition coefficient (Wildman–Crippen LogP) is 0.352. The number of aromatic nitrogens is 4. The Morgan fingerprint density at radius 1 is 1.47 bits per heavy atom. The number of fused-ring (bicyclic) bond motifs is 1. The molecule has 0 aliphatic carbocycles. The van der Waals surface area contributed by atoms with Gasteiger partial charge in [0, 0.05) is 0 Å². The molecule has 0 bridgehead atoms. The van der Waals surface area contributed by atoms with Crippen LogP contribution in [0, 0.1) is 0 Å². The molecule has 0 aliphatic heterocycles. The quantitative estimate of drug-likeness (QED) is 0.758. The van der Waals surface area contributed by atoms with Crippen LogP contribution in [0.3, 0.4) is 0 Å². The van der Waals surface area contributed by atoms with Crippen molar-refractivity contribution in [2.75, 3.05) is 12.3 Å². The van der Waals surface area contributed by atoms with Crippen LogP contribution in [0.4, 0.5) is 5.82 Å². The van der Waals surface area contributed by atoms with Gasteiger partial charge in [0.2, 0.25) is 0 Å². The molecule has 80 valence electrons. The van der Waals surface area contributed by atoms with E-state index in [0.29, 0.717) is 17.0 Å². The van der Waals surface area contributed by atoms with Gasteiger partial charge in [-0.25, -0.2) is 15.0 Å². The van der Waals surface area contributed by atoms with E-state index in [0.717, 1.165) is 6.42 Å². The summed E-state index contributed by atoms with van der Waals surface area (Å²) in [5.41, 5.74) is 6.92. The Balaban J connectivity index is 2.58. The van der Waals surface area contributed by atoms with Crippen molar-refractivity contribution in [3.05, 3.63) is 12.7 Å². The van der Waals surface area contributed by atoms with Crippen molar-refractivity contribution in [2.24, 2.45) is 0 Å². The minimum atomic E-state index is -0.00991.